The van der Waals surface area contributed by atoms with Crippen LogP contribution in [0.3, 0.4) is 0 Å². The maximum atomic E-state index is 13.7. The van der Waals surface area contributed by atoms with Crippen LogP contribution in [-0.2, 0) is 17.9 Å². The van der Waals surface area contributed by atoms with Gasteiger partial charge in [0, 0.05) is 37.1 Å². The van der Waals surface area contributed by atoms with Crippen LogP contribution < -0.4 is 5.32 Å². The van der Waals surface area contributed by atoms with Crippen molar-refractivity contribution < 1.29 is 14.0 Å². The molecule has 0 saturated heterocycles. The van der Waals surface area contributed by atoms with Crippen molar-refractivity contribution in [2.24, 2.45) is 5.92 Å². The molecule has 2 amide bonds. The van der Waals surface area contributed by atoms with Gasteiger partial charge in [0.15, 0.2) is 5.58 Å². The Morgan fingerprint density at radius 3 is 2.94 bits per heavy atom. The first-order valence-corrected chi connectivity index (χ1v) is 11.1. The maximum absolute atomic E-state index is 13.7. The molecule has 7 heteroatoms. The predicted octanol–water partition coefficient (Wildman–Crippen LogP) is 3.74. The van der Waals surface area contributed by atoms with E-state index in [9.17, 15) is 9.59 Å². The summed E-state index contributed by atoms with van der Waals surface area (Å²) in [6, 6.07) is 7.55. The summed E-state index contributed by atoms with van der Waals surface area (Å²) in [6.45, 7) is 4.78. The van der Waals surface area contributed by atoms with Gasteiger partial charge in [-0.15, -0.1) is 0 Å². The summed E-state index contributed by atoms with van der Waals surface area (Å²) in [7, 11) is 0. The molecule has 4 heterocycles. The molecule has 1 saturated carbocycles. The smallest absolute Gasteiger partial charge is 0.271 e. The second-order valence-corrected chi connectivity index (χ2v) is 9.15. The summed E-state index contributed by atoms with van der Waals surface area (Å²) >= 11 is 0. The molecule has 0 aromatic carbocycles. The lowest BCUT2D eigenvalue weighted by Gasteiger charge is -2.45. The molecule has 3 aromatic rings. The highest BCUT2D eigenvalue weighted by atomic mass is 16.3. The topological polar surface area (TPSA) is 80.4 Å². The number of nitrogens with one attached hydrogen (secondary N) is 1. The lowest BCUT2D eigenvalue weighted by molar-refractivity contribution is -0.134. The van der Waals surface area contributed by atoms with E-state index in [0.717, 1.165) is 30.3 Å². The van der Waals surface area contributed by atoms with E-state index in [0.29, 0.717) is 30.3 Å². The summed E-state index contributed by atoms with van der Waals surface area (Å²) in [6.07, 6.45) is 9.51. The normalized spacial score (nSPS) is 26.1. The summed E-state index contributed by atoms with van der Waals surface area (Å²) in [5.74, 6) is 0.172. The molecule has 2 aliphatic rings. The maximum Gasteiger partial charge on any atom is 0.271 e. The molecule has 5 rings (SSSR count). The van der Waals surface area contributed by atoms with Gasteiger partial charge in [0.2, 0.25) is 5.91 Å². The molecule has 3 atom stereocenters. The SMILES string of the molecule is CC1CCCCC1NC(=O)C1(C)Cn2c(cc3occc32)C(=O)N1Cc1cccnc1. The van der Waals surface area contributed by atoms with Crippen LogP contribution in [0.25, 0.3) is 11.1 Å². The van der Waals surface area contributed by atoms with E-state index in [1.807, 2.05) is 29.7 Å². The summed E-state index contributed by atoms with van der Waals surface area (Å²) < 4.78 is 7.46. The molecule has 1 N–H and O–H groups in total. The standard InChI is InChI=1S/C24H28N4O3/c1-16-6-3-4-8-18(16)26-23(30)24(2)15-27-19-9-11-31-21(19)12-20(27)22(29)28(24)14-17-7-5-10-25-13-17/h5,7,9-13,16,18H,3-4,6,8,14-15H2,1-2H3,(H,26,30). The van der Waals surface area contributed by atoms with Gasteiger partial charge in [-0.3, -0.25) is 14.6 Å². The first-order valence-electron chi connectivity index (χ1n) is 11.1. The van der Waals surface area contributed by atoms with Gasteiger partial charge in [0.1, 0.15) is 11.2 Å². The third-order valence-electron chi connectivity index (χ3n) is 7.03. The van der Waals surface area contributed by atoms with Crippen molar-refractivity contribution in [1.29, 1.82) is 0 Å². The fraction of sp³-hybridized carbons (Fsp3) is 0.458. The minimum absolute atomic E-state index is 0.0977. The minimum Gasteiger partial charge on any atom is -0.463 e. The van der Waals surface area contributed by atoms with E-state index in [4.69, 9.17) is 4.42 Å². The van der Waals surface area contributed by atoms with Gasteiger partial charge in [0.05, 0.1) is 18.3 Å². The molecule has 0 bridgehead atoms. The van der Waals surface area contributed by atoms with Crippen LogP contribution in [0.2, 0.25) is 0 Å². The van der Waals surface area contributed by atoms with E-state index in [2.05, 4.69) is 17.2 Å². The van der Waals surface area contributed by atoms with Gasteiger partial charge < -0.3 is 19.2 Å². The van der Waals surface area contributed by atoms with Crippen molar-refractivity contribution >= 4 is 22.9 Å². The monoisotopic (exact) mass is 420 g/mol. The molecular weight excluding hydrogens is 392 g/mol. The van der Waals surface area contributed by atoms with Crippen molar-refractivity contribution in [3.05, 3.63) is 54.2 Å². The second kappa shape index (κ2) is 7.55. The van der Waals surface area contributed by atoms with E-state index < -0.39 is 5.54 Å². The van der Waals surface area contributed by atoms with Gasteiger partial charge >= 0.3 is 0 Å². The van der Waals surface area contributed by atoms with Crippen LogP contribution in [0.4, 0.5) is 0 Å². The number of amides is 2. The van der Waals surface area contributed by atoms with Crippen LogP contribution in [0, 0.1) is 5.92 Å². The second-order valence-electron chi connectivity index (χ2n) is 9.15. The molecule has 31 heavy (non-hydrogen) atoms. The number of pyridine rings is 1. The van der Waals surface area contributed by atoms with Gasteiger partial charge in [0.25, 0.3) is 5.91 Å². The highest BCUT2D eigenvalue weighted by molar-refractivity contribution is 6.02. The highest BCUT2D eigenvalue weighted by Gasteiger charge is 2.48. The van der Waals surface area contributed by atoms with Crippen LogP contribution in [-0.4, -0.2) is 37.8 Å². The van der Waals surface area contributed by atoms with Crippen LogP contribution >= 0.6 is 0 Å². The summed E-state index contributed by atoms with van der Waals surface area (Å²) in [5, 5.41) is 3.29. The lowest BCUT2D eigenvalue weighted by Crippen LogP contribution is -2.65. The Bertz CT molecular complexity index is 1120. The van der Waals surface area contributed by atoms with E-state index in [1.165, 1.54) is 6.42 Å². The highest BCUT2D eigenvalue weighted by Crippen LogP contribution is 2.34. The molecular formula is C24H28N4O3. The first-order chi connectivity index (χ1) is 15.0. The number of nitrogens with zero attached hydrogens (tertiary/aromatic N) is 3. The fourth-order valence-electron chi connectivity index (χ4n) is 5.05. The van der Waals surface area contributed by atoms with Gasteiger partial charge in [-0.05, 0) is 37.3 Å². The Morgan fingerprint density at radius 1 is 1.32 bits per heavy atom. The number of aromatic nitrogens is 2. The van der Waals surface area contributed by atoms with Gasteiger partial charge in [-0.25, -0.2) is 0 Å². The average molecular weight is 421 g/mol. The number of carbonyl (C=O) groups is 2. The van der Waals surface area contributed by atoms with Crippen LogP contribution in [0.15, 0.2) is 47.3 Å². The number of fused-ring (bicyclic) bond motifs is 3. The molecule has 1 aliphatic carbocycles. The molecule has 162 valence electrons. The largest absolute Gasteiger partial charge is 0.463 e. The van der Waals surface area contributed by atoms with Gasteiger partial charge in [-0.2, -0.15) is 0 Å². The zero-order chi connectivity index (χ0) is 21.6. The van der Waals surface area contributed by atoms with Crippen molar-refractivity contribution in [3.8, 4) is 0 Å². The predicted molar refractivity (Wildman–Crippen MR) is 116 cm³/mol. The van der Waals surface area contributed by atoms with Crippen molar-refractivity contribution in [1.82, 2.24) is 19.8 Å². The molecule has 3 aromatic heterocycles. The number of furan rings is 1. The number of carbonyl (C=O) groups excluding carboxylic acids is 2. The Hall–Kier alpha value is -3.09. The molecule has 3 unspecified atom stereocenters. The molecule has 0 radical (unpaired) electrons. The fourth-order valence-corrected chi connectivity index (χ4v) is 5.05. The van der Waals surface area contributed by atoms with E-state index in [-0.39, 0.29) is 17.9 Å². The summed E-state index contributed by atoms with van der Waals surface area (Å²) in [5.41, 5.74) is 1.92. The van der Waals surface area contributed by atoms with E-state index >= 15 is 0 Å². The average Bonchev–Trinajstić information content (AvgIpc) is 3.36. The summed E-state index contributed by atoms with van der Waals surface area (Å²) in [4.78, 5) is 33.2. The van der Waals surface area contributed by atoms with Crippen molar-refractivity contribution in [3.63, 3.8) is 0 Å². The zero-order valence-corrected chi connectivity index (χ0v) is 18.0. The quantitative estimate of drug-likeness (QED) is 0.697. The Morgan fingerprint density at radius 2 is 2.16 bits per heavy atom. The molecule has 7 nitrogen and oxygen atoms in total. The first kappa shape index (κ1) is 19.8. The number of rotatable bonds is 4. The molecule has 0 spiro atoms. The van der Waals surface area contributed by atoms with Crippen LogP contribution in [0.1, 0.15) is 55.6 Å². The number of hydrogen-bond donors (Lipinski definition) is 1. The Kier molecular flexibility index (Phi) is 4.84. The lowest BCUT2D eigenvalue weighted by atomic mass is 9.85. The van der Waals surface area contributed by atoms with Crippen LogP contribution in [0.5, 0.6) is 0 Å². The van der Waals surface area contributed by atoms with Crippen molar-refractivity contribution in [2.75, 3.05) is 0 Å². The molecule has 1 aliphatic heterocycles. The third kappa shape index (κ3) is 3.32. The number of hydrogen-bond acceptors (Lipinski definition) is 4. The molecule has 1 fully saturated rings. The third-order valence-corrected chi connectivity index (χ3v) is 7.03. The Labute approximate surface area is 181 Å². The van der Waals surface area contributed by atoms with E-state index in [1.54, 1.807) is 29.6 Å². The zero-order valence-electron chi connectivity index (χ0n) is 18.0. The van der Waals surface area contributed by atoms with Gasteiger partial charge in [-0.1, -0.05) is 25.8 Å². The van der Waals surface area contributed by atoms with Crippen molar-refractivity contribution in [2.45, 2.75) is 64.2 Å². The minimum atomic E-state index is -1.03. The Balaban J connectivity index is 1.53.